The van der Waals surface area contributed by atoms with E-state index < -0.39 is 5.97 Å². The summed E-state index contributed by atoms with van der Waals surface area (Å²) in [5.74, 6) is 1.29. The summed E-state index contributed by atoms with van der Waals surface area (Å²) in [6.45, 7) is 1.90. The molecule has 0 spiro atoms. The van der Waals surface area contributed by atoms with Crippen LogP contribution in [0.25, 0.3) is 0 Å². The van der Waals surface area contributed by atoms with Crippen molar-refractivity contribution in [1.29, 1.82) is 0 Å². The van der Waals surface area contributed by atoms with Crippen molar-refractivity contribution in [3.05, 3.63) is 0 Å². The van der Waals surface area contributed by atoms with Gasteiger partial charge in [-0.25, -0.2) is 0 Å². The molecule has 4 nitrogen and oxygen atoms in total. The first-order valence-corrected chi connectivity index (χ1v) is 4.20. The highest BCUT2D eigenvalue weighted by Crippen LogP contribution is 2.16. The average Bonchev–Trinajstić information content (AvgIpc) is 2.53. The van der Waals surface area contributed by atoms with E-state index in [1.165, 1.54) is 0 Å². The van der Waals surface area contributed by atoms with Crippen molar-refractivity contribution >= 4 is 5.97 Å². The molecule has 1 heterocycles. The lowest BCUT2D eigenvalue weighted by Crippen LogP contribution is -2.25. The summed E-state index contributed by atoms with van der Waals surface area (Å²) in [4.78, 5) is 10.7. The Morgan fingerprint density at radius 1 is 1.69 bits per heavy atom. The molecule has 1 saturated heterocycles. The number of ether oxygens (including phenoxy) is 1. The van der Waals surface area contributed by atoms with E-state index in [1.54, 1.807) is 0 Å². The first kappa shape index (κ1) is 10.0. The highest BCUT2D eigenvalue weighted by atomic mass is 16.5. The van der Waals surface area contributed by atoms with Gasteiger partial charge in [0.25, 0.3) is 0 Å². The largest absolute Gasteiger partial charge is 0.481 e. The molecule has 0 aromatic heterocycles. The second-order valence-electron chi connectivity index (χ2n) is 3.08. The molecule has 2 N–H and O–H groups in total. The Bertz CT molecular complexity index is 221. The van der Waals surface area contributed by atoms with E-state index in [2.05, 4.69) is 11.2 Å². The fourth-order valence-corrected chi connectivity index (χ4v) is 1.47. The summed E-state index contributed by atoms with van der Waals surface area (Å²) >= 11 is 0. The molecule has 0 aromatic rings. The minimum Gasteiger partial charge on any atom is -0.481 e. The van der Waals surface area contributed by atoms with Crippen molar-refractivity contribution in [2.75, 3.05) is 26.3 Å². The Morgan fingerprint density at radius 2 is 2.46 bits per heavy atom. The van der Waals surface area contributed by atoms with E-state index >= 15 is 0 Å². The van der Waals surface area contributed by atoms with Gasteiger partial charge in [0.2, 0.25) is 0 Å². The van der Waals surface area contributed by atoms with Crippen LogP contribution in [0, 0.1) is 24.2 Å². The molecule has 4 heteroatoms. The van der Waals surface area contributed by atoms with Gasteiger partial charge < -0.3 is 15.2 Å². The number of carboxylic acids is 1. The van der Waals surface area contributed by atoms with E-state index in [-0.39, 0.29) is 18.4 Å². The van der Waals surface area contributed by atoms with Crippen LogP contribution in [0.3, 0.4) is 0 Å². The van der Waals surface area contributed by atoms with Crippen molar-refractivity contribution in [2.24, 2.45) is 11.8 Å². The third-order valence-electron chi connectivity index (χ3n) is 2.17. The van der Waals surface area contributed by atoms with E-state index in [1.807, 2.05) is 0 Å². The lowest BCUT2D eigenvalue weighted by atomic mass is 9.97. The van der Waals surface area contributed by atoms with Crippen LogP contribution in [-0.4, -0.2) is 37.4 Å². The predicted octanol–water partition coefficient (Wildman–Crippen LogP) is -0.444. The second-order valence-corrected chi connectivity index (χ2v) is 3.08. The molecule has 13 heavy (non-hydrogen) atoms. The molecular weight excluding hydrogens is 170 g/mol. The van der Waals surface area contributed by atoms with Crippen molar-refractivity contribution in [1.82, 2.24) is 5.32 Å². The van der Waals surface area contributed by atoms with E-state index in [0.717, 1.165) is 0 Å². The number of carboxylic acid groups (broad SMARTS) is 1. The Kier molecular flexibility index (Phi) is 3.74. The van der Waals surface area contributed by atoms with E-state index in [4.69, 9.17) is 16.3 Å². The van der Waals surface area contributed by atoms with Gasteiger partial charge in [-0.2, -0.15) is 0 Å². The molecule has 1 aliphatic heterocycles. The van der Waals surface area contributed by atoms with E-state index in [9.17, 15) is 4.79 Å². The number of carbonyl (C=O) groups is 1. The number of rotatable bonds is 4. The van der Waals surface area contributed by atoms with Crippen LogP contribution in [0.1, 0.15) is 0 Å². The van der Waals surface area contributed by atoms with Gasteiger partial charge in [-0.15, -0.1) is 6.42 Å². The normalized spacial score (nSPS) is 27.0. The third-order valence-corrected chi connectivity index (χ3v) is 2.17. The van der Waals surface area contributed by atoms with E-state index in [0.29, 0.717) is 19.7 Å². The SMILES string of the molecule is C#CCOCC1CNCC1C(=O)O. The number of terminal acetylenes is 1. The molecule has 0 radical (unpaired) electrons. The van der Waals surface area contributed by atoms with Gasteiger partial charge >= 0.3 is 5.97 Å². The van der Waals surface area contributed by atoms with Crippen LogP contribution < -0.4 is 5.32 Å². The van der Waals surface area contributed by atoms with Crippen LogP contribution in [0.4, 0.5) is 0 Å². The molecule has 0 aromatic carbocycles. The van der Waals surface area contributed by atoms with Crippen LogP contribution in [0.15, 0.2) is 0 Å². The Labute approximate surface area is 77.3 Å². The zero-order valence-electron chi connectivity index (χ0n) is 7.32. The zero-order chi connectivity index (χ0) is 9.68. The smallest absolute Gasteiger partial charge is 0.308 e. The van der Waals surface area contributed by atoms with Crippen molar-refractivity contribution < 1.29 is 14.6 Å². The zero-order valence-corrected chi connectivity index (χ0v) is 7.32. The molecule has 2 unspecified atom stereocenters. The Balaban J connectivity index is 2.32. The van der Waals surface area contributed by atoms with Crippen LogP contribution >= 0.6 is 0 Å². The Hall–Kier alpha value is -1.05. The average molecular weight is 183 g/mol. The topological polar surface area (TPSA) is 58.6 Å². The predicted molar refractivity (Wildman–Crippen MR) is 47.1 cm³/mol. The molecule has 0 amide bonds. The fraction of sp³-hybridized carbons (Fsp3) is 0.667. The van der Waals surface area contributed by atoms with Crippen LogP contribution in [0.2, 0.25) is 0 Å². The maximum Gasteiger partial charge on any atom is 0.308 e. The van der Waals surface area contributed by atoms with Gasteiger partial charge in [-0.05, 0) is 0 Å². The number of nitrogens with one attached hydrogen (secondary N) is 1. The summed E-state index contributed by atoms with van der Waals surface area (Å²) in [5, 5.41) is 11.8. The summed E-state index contributed by atoms with van der Waals surface area (Å²) in [5.41, 5.74) is 0. The quantitative estimate of drug-likeness (QED) is 0.458. The monoisotopic (exact) mass is 183 g/mol. The lowest BCUT2D eigenvalue weighted by Gasteiger charge is -2.13. The maximum absolute atomic E-state index is 10.7. The van der Waals surface area contributed by atoms with Crippen molar-refractivity contribution in [3.8, 4) is 12.3 Å². The summed E-state index contributed by atoms with van der Waals surface area (Å²) < 4.78 is 5.11. The molecular formula is C9H13NO3. The molecule has 0 aliphatic carbocycles. The first-order chi connectivity index (χ1) is 6.25. The van der Waals surface area contributed by atoms with Gasteiger partial charge in [0, 0.05) is 19.0 Å². The maximum atomic E-state index is 10.7. The van der Waals surface area contributed by atoms with Gasteiger partial charge in [0.15, 0.2) is 0 Å². The molecule has 0 bridgehead atoms. The van der Waals surface area contributed by atoms with Crippen LogP contribution in [-0.2, 0) is 9.53 Å². The molecule has 1 fully saturated rings. The van der Waals surface area contributed by atoms with Crippen molar-refractivity contribution in [2.45, 2.75) is 0 Å². The summed E-state index contributed by atoms with van der Waals surface area (Å²) in [6, 6.07) is 0. The minimum absolute atomic E-state index is 0.0471. The minimum atomic E-state index is -0.765. The molecule has 72 valence electrons. The second kappa shape index (κ2) is 4.85. The third kappa shape index (κ3) is 2.72. The molecule has 2 atom stereocenters. The van der Waals surface area contributed by atoms with Gasteiger partial charge in [0.1, 0.15) is 6.61 Å². The standard InChI is InChI=1S/C9H13NO3/c1-2-3-13-6-7-4-10-5-8(7)9(11)12/h1,7-8,10H,3-6H2,(H,11,12). The summed E-state index contributed by atoms with van der Waals surface area (Å²) in [7, 11) is 0. The number of hydrogen-bond donors (Lipinski definition) is 2. The first-order valence-electron chi connectivity index (χ1n) is 4.20. The van der Waals surface area contributed by atoms with Gasteiger partial charge in [-0.1, -0.05) is 5.92 Å². The highest BCUT2D eigenvalue weighted by molar-refractivity contribution is 5.71. The highest BCUT2D eigenvalue weighted by Gasteiger charge is 2.32. The Morgan fingerprint density at radius 3 is 3.08 bits per heavy atom. The summed E-state index contributed by atoms with van der Waals surface area (Å²) in [6.07, 6.45) is 5.00. The fourth-order valence-electron chi connectivity index (χ4n) is 1.47. The molecule has 0 saturated carbocycles. The molecule has 1 rings (SSSR count). The molecule has 1 aliphatic rings. The van der Waals surface area contributed by atoms with Gasteiger partial charge in [-0.3, -0.25) is 4.79 Å². The van der Waals surface area contributed by atoms with Crippen molar-refractivity contribution in [3.63, 3.8) is 0 Å². The number of aliphatic carboxylic acids is 1. The lowest BCUT2D eigenvalue weighted by molar-refractivity contribution is -0.143. The van der Waals surface area contributed by atoms with Gasteiger partial charge in [0.05, 0.1) is 12.5 Å². The number of hydrogen-bond acceptors (Lipinski definition) is 3. The van der Waals surface area contributed by atoms with Crippen LogP contribution in [0.5, 0.6) is 0 Å².